The van der Waals surface area contributed by atoms with E-state index in [9.17, 15) is 34.2 Å². The van der Waals surface area contributed by atoms with E-state index in [4.69, 9.17) is 11.5 Å². The van der Waals surface area contributed by atoms with Crippen molar-refractivity contribution in [3.05, 3.63) is 65.7 Å². The van der Waals surface area contributed by atoms with Gasteiger partial charge in [-0.2, -0.15) is 11.8 Å². The standard InChI is InChI=1S/C27H35N5O7S/c1-40-12-11-20(25(36)32-22(27(38)39)15-23(29)34)30-26(37)21(14-16-5-3-2-4-6-16)31-24(35)19(28)13-17-7-9-18(33)10-8-17/h2-10,19-22,33H,11-15,28H2,1H3,(H2,29,34)(H,30,37)(H,31,35)(H,32,36)(H,38,39). The number of nitrogens with two attached hydrogens (primary N) is 2. The first-order valence-corrected chi connectivity index (χ1v) is 13.9. The fraction of sp³-hybridized carbons (Fsp3) is 0.370. The van der Waals surface area contributed by atoms with Crippen LogP contribution in [0.5, 0.6) is 5.75 Å². The number of thioether (sulfide) groups is 1. The van der Waals surface area contributed by atoms with Gasteiger partial charge in [-0.3, -0.25) is 19.2 Å². The quantitative estimate of drug-likeness (QED) is 0.140. The average Bonchev–Trinajstić information content (AvgIpc) is 2.91. The third kappa shape index (κ3) is 10.9. The van der Waals surface area contributed by atoms with Crippen LogP contribution in [0.15, 0.2) is 54.6 Å². The summed E-state index contributed by atoms with van der Waals surface area (Å²) in [7, 11) is 0. The Morgan fingerprint density at radius 3 is 1.93 bits per heavy atom. The van der Waals surface area contributed by atoms with Crippen LogP contribution in [0.4, 0.5) is 0 Å². The van der Waals surface area contributed by atoms with Gasteiger partial charge < -0.3 is 37.6 Å². The number of primary amides is 1. The molecule has 0 saturated carbocycles. The van der Waals surface area contributed by atoms with Crippen LogP contribution in [0.25, 0.3) is 0 Å². The van der Waals surface area contributed by atoms with E-state index in [1.807, 2.05) is 0 Å². The second-order valence-electron chi connectivity index (χ2n) is 9.14. The van der Waals surface area contributed by atoms with Gasteiger partial charge in [0.05, 0.1) is 12.5 Å². The van der Waals surface area contributed by atoms with Crippen molar-refractivity contribution in [2.24, 2.45) is 11.5 Å². The van der Waals surface area contributed by atoms with Gasteiger partial charge in [-0.05, 0) is 48.1 Å². The maximum Gasteiger partial charge on any atom is 0.326 e. The molecule has 0 heterocycles. The van der Waals surface area contributed by atoms with Crippen LogP contribution >= 0.6 is 11.8 Å². The number of carboxylic acid groups (broad SMARTS) is 1. The summed E-state index contributed by atoms with van der Waals surface area (Å²) in [6.07, 6.45) is 1.60. The van der Waals surface area contributed by atoms with Crippen molar-refractivity contribution in [1.29, 1.82) is 0 Å². The lowest BCUT2D eigenvalue weighted by atomic mass is 10.0. The van der Waals surface area contributed by atoms with Crippen LogP contribution in [-0.2, 0) is 36.8 Å². The summed E-state index contributed by atoms with van der Waals surface area (Å²) in [6.45, 7) is 0. The number of hydrogen-bond acceptors (Lipinski definition) is 8. The number of aromatic hydroxyl groups is 1. The molecule has 0 bridgehead atoms. The second-order valence-corrected chi connectivity index (χ2v) is 10.1. The van der Waals surface area contributed by atoms with E-state index in [-0.39, 0.29) is 25.0 Å². The van der Waals surface area contributed by atoms with Crippen molar-refractivity contribution in [2.45, 2.75) is 49.9 Å². The molecule has 216 valence electrons. The highest BCUT2D eigenvalue weighted by Gasteiger charge is 2.31. The molecule has 4 unspecified atom stereocenters. The van der Waals surface area contributed by atoms with Crippen LogP contribution in [-0.4, -0.2) is 76.0 Å². The Balaban J connectivity index is 2.20. The largest absolute Gasteiger partial charge is 0.508 e. The minimum absolute atomic E-state index is 0.0748. The molecule has 4 atom stereocenters. The van der Waals surface area contributed by atoms with Gasteiger partial charge >= 0.3 is 5.97 Å². The highest BCUT2D eigenvalue weighted by Crippen LogP contribution is 2.12. The van der Waals surface area contributed by atoms with Gasteiger partial charge in [0.25, 0.3) is 0 Å². The Labute approximate surface area is 236 Å². The molecule has 0 spiro atoms. The second kappa shape index (κ2) is 16.1. The molecule has 0 aromatic heterocycles. The molecule has 12 nitrogen and oxygen atoms in total. The van der Waals surface area contributed by atoms with Gasteiger partial charge in [0.1, 0.15) is 23.9 Å². The summed E-state index contributed by atoms with van der Waals surface area (Å²) in [5.74, 6) is -3.89. The number of phenolic OH excluding ortho intramolecular Hbond substituents is 1. The van der Waals surface area contributed by atoms with E-state index in [1.165, 1.54) is 23.9 Å². The topological polar surface area (TPSA) is 214 Å². The van der Waals surface area contributed by atoms with Crippen molar-refractivity contribution < 1.29 is 34.2 Å². The zero-order valence-electron chi connectivity index (χ0n) is 22.0. The van der Waals surface area contributed by atoms with E-state index in [1.54, 1.807) is 48.7 Å². The van der Waals surface area contributed by atoms with E-state index in [2.05, 4.69) is 16.0 Å². The van der Waals surface area contributed by atoms with Gasteiger partial charge in [0, 0.05) is 6.42 Å². The highest BCUT2D eigenvalue weighted by molar-refractivity contribution is 7.98. The zero-order valence-corrected chi connectivity index (χ0v) is 22.9. The third-order valence-electron chi connectivity index (χ3n) is 5.91. The molecule has 9 N–H and O–H groups in total. The lowest BCUT2D eigenvalue weighted by Crippen LogP contribution is -2.58. The number of carbonyl (C=O) groups excluding carboxylic acids is 4. The first-order valence-electron chi connectivity index (χ1n) is 12.5. The monoisotopic (exact) mass is 573 g/mol. The summed E-state index contributed by atoms with van der Waals surface area (Å²) in [5, 5.41) is 26.3. The molecule has 2 aromatic rings. The number of aliphatic carboxylic acids is 1. The molecule has 40 heavy (non-hydrogen) atoms. The minimum atomic E-state index is -1.56. The number of carboxylic acids is 1. The molecular formula is C27H35N5O7S. The summed E-state index contributed by atoms with van der Waals surface area (Å²) in [5.41, 5.74) is 12.6. The van der Waals surface area contributed by atoms with Crippen LogP contribution in [0.1, 0.15) is 24.0 Å². The van der Waals surface area contributed by atoms with Crippen molar-refractivity contribution in [1.82, 2.24) is 16.0 Å². The summed E-state index contributed by atoms with van der Waals surface area (Å²) in [4.78, 5) is 62.1. The highest BCUT2D eigenvalue weighted by atomic mass is 32.2. The molecule has 0 aliphatic carbocycles. The van der Waals surface area contributed by atoms with Gasteiger partial charge in [0.2, 0.25) is 23.6 Å². The minimum Gasteiger partial charge on any atom is -0.508 e. The lowest BCUT2D eigenvalue weighted by Gasteiger charge is -2.25. The van der Waals surface area contributed by atoms with Crippen molar-refractivity contribution in [3.63, 3.8) is 0 Å². The van der Waals surface area contributed by atoms with Crippen LogP contribution in [0.2, 0.25) is 0 Å². The molecule has 13 heteroatoms. The van der Waals surface area contributed by atoms with Crippen LogP contribution < -0.4 is 27.4 Å². The summed E-state index contributed by atoms with van der Waals surface area (Å²) in [6, 6.07) is 10.3. The number of rotatable bonds is 16. The van der Waals surface area contributed by atoms with Crippen molar-refractivity contribution in [2.75, 3.05) is 12.0 Å². The summed E-state index contributed by atoms with van der Waals surface area (Å²) >= 11 is 1.41. The molecule has 0 radical (unpaired) electrons. The molecule has 2 rings (SSSR count). The normalized spacial score (nSPS) is 13.8. The molecule has 0 fully saturated rings. The van der Waals surface area contributed by atoms with E-state index in [0.29, 0.717) is 11.3 Å². The zero-order chi connectivity index (χ0) is 29.7. The Bertz CT molecular complexity index is 1160. The fourth-order valence-corrected chi connectivity index (χ4v) is 4.24. The number of phenols is 1. The summed E-state index contributed by atoms with van der Waals surface area (Å²) < 4.78 is 0. The number of carbonyl (C=O) groups is 5. The number of amides is 4. The molecule has 4 amide bonds. The third-order valence-corrected chi connectivity index (χ3v) is 6.55. The van der Waals surface area contributed by atoms with Crippen molar-refractivity contribution >= 4 is 41.4 Å². The Hall–Kier alpha value is -4.10. The Morgan fingerprint density at radius 1 is 0.800 bits per heavy atom. The van der Waals surface area contributed by atoms with E-state index < -0.39 is 60.2 Å². The maximum atomic E-state index is 13.4. The SMILES string of the molecule is CSCCC(NC(=O)C(Cc1ccccc1)NC(=O)C(N)Cc1ccc(O)cc1)C(=O)NC(CC(N)=O)C(=O)O. The van der Waals surface area contributed by atoms with Crippen LogP contribution in [0.3, 0.4) is 0 Å². The van der Waals surface area contributed by atoms with E-state index in [0.717, 1.165) is 5.56 Å². The van der Waals surface area contributed by atoms with Gasteiger partial charge in [-0.25, -0.2) is 4.79 Å². The van der Waals surface area contributed by atoms with Gasteiger partial charge in [-0.1, -0.05) is 42.5 Å². The predicted molar refractivity (Wildman–Crippen MR) is 150 cm³/mol. The molecule has 0 aliphatic rings. The predicted octanol–water partition coefficient (Wildman–Crippen LogP) is -0.328. The molecule has 0 aliphatic heterocycles. The number of nitrogens with one attached hydrogen (secondary N) is 3. The smallest absolute Gasteiger partial charge is 0.326 e. The van der Waals surface area contributed by atoms with Crippen LogP contribution in [0, 0.1) is 0 Å². The number of benzene rings is 2. The average molecular weight is 574 g/mol. The lowest BCUT2D eigenvalue weighted by molar-refractivity contribution is -0.143. The Kier molecular flexibility index (Phi) is 12.9. The van der Waals surface area contributed by atoms with Gasteiger partial charge in [-0.15, -0.1) is 0 Å². The first kappa shape index (κ1) is 32.1. The van der Waals surface area contributed by atoms with Gasteiger partial charge in [0.15, 0.2) is 0 Å². The fourth-order valence-electron chi connectivity index (χ4n) is 3.77. The number of hydrogen-bond donors (Lipinski definition) is 7. The molecule has 2 aromatic carbocycles. The Morgan fingerprint density at radius 2 is 1.35 bits per heavy atom. The van der Waals surface area contributed by atoms with E-state index >= 15 is 0 Å². The van der Waals surface area contributed by atoms with Crippen molar-refractivity contribution in [3.8, 4) is 5.75 Å². The maximum absolute atomic E-state index is 13.4. The first-order chi connectivity index (χ1) is 19.0. The molecule has 0 saturated heterocycles. The molecular weight excluding hydrogens is 538 g/mol.